The first-order chi connectivity index (χ1) is 12.5. The van der Waals surface area contributed by atoms with Crippen molar-refractivity contribution >= 4 is 17.3 Å². The van der Waals surface area contributed by atoms with Crippen LogP contribution in [0.3, 0.4) is 0 Å². The van der Waals surface area contributed by atoms with E-state index in [0.717, 1.165) is 31.2 Å². The number of ether oxygens (including phenoxy) is 1. The van der Waals surface area contributed by atoms with Crippen molar-refractivity contribution in [2.75, 3.05) is 44.2 Å². The minimum Gasteiger partial charge on any atom is -0.488 e. The van der Waals surface area contributed by atoms with E-state index in [2.05, 4.69) is 16.7 Å². The number of benzene rings is 2. The molecule has 1 N–H and O–H groups in total. The molecule has 0 radical (unpaired) electrons. The third kappa shape index (κ3) is 4.87. The summed E-state index contributed by atoms with van der Waals surface area (Å²) in [4.78, 5) is 4.52. The number of piperazine rings is 1. The van der Waals surface area contributed by atoms with E-state index in [4.69, 9.17) is 16.3 Å². The number of aryl methyl sites for hydroxylation is 1. The molecule has 1 atom stereocenters. The number of hydrogen-bond acceptors (Lipinski definition) is 4. The van der Waals surface area contributed by atoms with Crippen molar-refractivity contribution in [2.24, 2.45) is 0 Å². The van der Waals surface area contributed by atoms with Crippen LogP contribution in [-0.2, 0) is 0 Å². The highest BCUT2D eigenvalue weighted by Gasteiger charge is 2.21. The van der Waals surface area contributed by atoms with Gasteiger partial charge in [0.2, 0.25) is 0 Å². The van der Waals surface area contributed by atoms with Gasteiger partial charge in [-0.1, -0.05) is 29.8 Å². The second-order valence-electron chi connectivity index (χ2n) is 6.61. The van der Waals surface area contributed by atoms with E-state index in [-0.39, 0.29) is 12.4 Å². The van der Waals surface area contributed by atoms with Gasteiger partial charge in [0.1, 0.15) is 12.7 Å². The smallest absolute Gasteiger partial charge is 0.165 e. The summed E-state index contributed by atoms with van der Waals surface area (Å²) in [6.45, 7) is 6.13. The van der Waals surface area contributed by atoms with E-state index >= 15 is 0 Å². The monoisotopic (exact) mass is 378 g/mol. The maximum Gasteiger partial charge on any atom is 0.165 e. The summed E-state index contributed by atoms with van der Waals surface area (Å²) in [5, 5.41) is 10.9. The molecule has 1 saturated heterocycles. The Morgan fingerprint density at radius 3 is 2.62 bits per heavy atom. The van der Waals surface area contributed by atoms with Gasteiger partial charge in [0.25, 0.3) is 0 Å². The average molecular weight is 379 g/mol. The van der Waals surface area contributed by atoms with Crippen molar-refractivity contribution in [3.63, 3.8) is 0 Å². The lowest BCUT2D eigenvalue weighted by molar-refractivity contribution is 0.0649. The average Bonchev–Trinajstić information content (AvgIpc) is 2.64. The number of β-amino-alcohol motifs (C(OH)–C–C–N with tert-alkyl or cyclic N) is 1. The molecule has 0 saturated carbocycles. The highest BCUT2D eigenvalue weighted by molar-refractivity contribution is 6.30. The quantitative estimate of drug-likeness (QED) is 0.836. The predicted octanol–water partition coefficient (Wildman–Crippen LogP) is 3.35. The number of aliphatic hydroxyl groups excluding tert-OH is 1. The normalized spacial score (nSPS) is 16.5. The minimum absolute atomic E-state index is 0.0779. The minimum atomic E-state index is -0.658. The van der Waals surface area contributed by atoms with Gasteiger partial charge in [-0.05, 0) is 36.8 Å². The van der Waals surface area contributed by atoms with Gasteiger partial charge < -0.3 is 14.7 Å². The second-order valence-corrected chi connectivity index (χ2v) is 7.05. The molecule has 0 amide bonds. The van der Waals surface area contributed by atoms with Gasteiger partial charge in [0, 0.05) is 43.4 Å². The molecule has 3 rings (SSSR count). The molecule has 2 aromatic rings. The fraction of sp³-hybridized carbons (Fsp3) is 0.400. The van der Waals surface area contributed by atoms with Crippen LogP contribution in [0.25, 0.3) is 0 Å². The predicted molar refractivity (Wildman–Crippen MR) is 103 cm³/mol. The first-order valence-corrected chi connectivity index (χ1v) is 9.19. The molecule has 140 valence electrons. The summed E-state index contributed by atoms with van der Waals surface area (Å²) < 4.78 is 18.9. The van der Waals surface area contributed by atoms with Crippen molar-refractivity contribution in [2.45, 2.75) is 13.0 Å². The highest BCUT2D eigenvalue weighted by Crippen LogP contribution is 2.25. The molecule has 1 unspecified atom stereocenters. The van der Waals surface area contributed by atoms with Crippen LogP contribution in [0.4, 0.5) is 10.1 Å². The number of anilines is 1. The molecular weight excluding hydrogens is 355 g/mol. The second kappa shape index (κ2) is 8.71. The van der Waals surface area contributed by atoms with E-state index in [1.54, 1.807) is 18.2 Å². The third-order valence-electron chi connectivity index (χ3n) is 4.62. The standard InChI is InChI=1S/C20H24ClFN2O2/c1-15-6-7-16(21)12-19(15)24-10-8-23(9-11-24)13-17(25)14-26-20-5-3-2-4-18(20)22/h2-7,12,17,25H,8-11,13-14H2,1H3. The van der Waals surface area contributed by atoms with Crippen LogP contribution in [-0.4, -0.2) is 55.4 Å². The van der Waals surface area contributed by atoms with Gasteiger partial charge in [-0.2, -0.15) is 0 Å². The molecule has 0 spiro atoms. The zero-order chi connectivity index (χ0) is 18.5. The molecule has 1 aliphatic heterocycles. The Balaban J connectivity index is 1.46. The van der Waals surface area contributed by atoms with Crippen molar-refractivity contribution in [1.29, 1.82) is 0 Å². The van der Waals surface area contributed by atoms with Crippen molar-refractivity contribution in [3.8, 4) is 5.75 Å². The fourth-order valence-corrected chi connectivity index (χ4v) is 3.36. The van der Waals surface area contributed by atoms with Gasteiger partial charge in [-0.15, -0.1) is 0 Å². The number of rotatable bonds is 6. The van der Waals surface area contributed by atoms with Crippen molar-refractivity contribution in [3.05, 3.63) is 58.9 Å². The third-order valence-corrected chi connectivity index (χ3v) is 4.86. The summed E-state index contributed by atoms with van der Waals surface area (Å²) in [6, 6.07) is 12.2. The molecule has 1 heterocycles. The first kappa shape index (κ1) is 19.0. The molecule has 6 heteroatoms. The Kier molecular flexibility index (Phi) is 6.35. The first-order valence-electron chi connectivity index (χ1n) is 8.82. The van der Waals surface area contributed by atoms with E-state index in [9.17, 15) is 9.50 Å². The van der Waals surface area contributed by atoms with E-state index in [1.165, 1.54) is 17.3 Å². The van der Waals surface area contributed by atoms with Crippen LogP contribution in [0.1, 0.15) is 5.56 Å². The van der Waals surface area contributed by atoms with E-state index in [0.29, 0.717) is 6.54 Å². The topological polar surface area (TPSA) is 35.9 Å². The Morgan fingerprint density at radius 2 is 1.88 bits per heavy atom. The number of para-hydroxylation sites is 1. The zero-order valence-electron chi connectivity index (χ0n) is 14.9. The molecule has 2 aromatic carbocycles. The molecule has 0 aromatic heterocycles. The van der Waals surface area contributed by atoms with Crippen LogP contribution < -0.4 is 9.64 Å². The summed E-state index contributed by atoms with van der Waals surface area (Å²) in [5.74, 6) is -0.238. The van der Waals surface area contributed by atoms with Crippen molar-refractivity contribution < 1.29 is 14.2 Å². The summed E-state index contributed by atoms with van der Waals surface area (Å²) >= 11 is 6.12. The van der Waals surface area contributed by atoms with Crippen LogP contribution >= 0.6 is 11.6 Å². The van der Waals surface area contributed by atoms with Gasteiger partial charge in [0.15, 0.2) is 11.6 Å². The van der Waals surface area contributed by atoms with Gasteiger partial charge >= 0.3 is 0 Å². The van der Waals surface area contributed by atoms with Crippen LogP contribution in [0.5, 0.6) is 5.75 Å². The summed E-state index contributed by atoms with van der Waals surface area (Å²) in [7, 11) is 0. The van der Waals surface area contributed by atoms with Crippen molar-refractivity contribution in [1.82, 2.24) is 4.90 Å². The lowest BCUT2D eigenvalue weighted by Gasteiger charge is -2.37. The number of aliphatic hydroxyl groups is 1. The highest BCUT2D eigenvalue weighted by atomic mass is 35.5. The zero-order valence-corrected chi connectivity index (χ0v) is 15.6. The lowest BCUT2D eigenvalue weighted by atomic mass is 10.1. The van der Waals surface area contributed by atoms with Gasteiger partial charge in [-0.25, -0.2) is 4.39 Å². The van der Waals surface area contributed by atoms with E-state index < -0.39 is 11.9 Å². The number of halogens is 2. The number of nitrogens with zero attached hydrogens (tertiary/aromatic N) is 2. The van der Waals surface area contributed by atoms with Crippen LogP contribution in [0.2, 0.25) is 5.02 Å². The SMILES string of the molecule is Cc1ccc(Cl)cc1N1CCN(CC(O)COc2ccccc2F)CC1. The summed E-state index contributed by atoms with van der Waals surface area (Å²) in [6.07, 6.45) is -0.658. The maximum absolute atomic E-state index is 13.5. The van der Waals surface area contributed by atoms with Gasteiger partial charge in [-0.3, -0.25) is 4.90 Å². The van der Waals surface area contributed by atoms with E-state index in [1.807, 2.05) is 18.2 Å². The molecule has 4 nitrogen and oxygen atoms in total. The Labute approximate surface area is 158 Å². The van der Waals surface area contributed by atoms with Crippen LogP contribution in [0, 0.1) is 12.7 Å². The Hall–Kier alpha value is -1.82. The molecule has 0 bridgehead atoms. The molecule has 1 aliphatic rings. The summed E-state index contributed by atoms with van der Waals surface area (Å²) in [5.41, 5.74) is 2.38. The number of hydrogen-bond donors (Lipinski definition) is 1. The largest absolute Gasteiger partial charge is 0.488 e. The van der Waals surface area contributed by atoms with Crippen LogP contribution in [0.15, 0.2) is 42.5 Å². The maximum atomic E-state index is 13.5. The fourth-order valence-electron chi connectivity index (χ4n) is 3.19. The molecular formula is C20H24ClFN2O2. The molecule has 0 aliphatic carbocycles. The Bertz CT molecular complexity index is 736. The Morgan fingerprint density at radius 1 is 1.15 bits per heavy atom. The lowest BCUT2D eigenvalue weighted by Crippen LogP contribution is -2.49. The molecule has 26 heavy (non-hydrogen) atoms. The molecule has 1 fully saturated rings. The van der Waals surface area contributed by atoms with Gasteiger partial charge in [0.05, 0.1) is 0 Å².